The van der Waals surface area contributed by atoms with Crippen molar-refractivity contribution in [2.24, 2.45) is 11.8 Å². The quantitative estimate of drug-likeness (QED) is 0.736. The monoisotopic (exact) mass is 461 g/mol. The van der Waals surface area contributed by atoms with E-state index in [0.29, 0.717) is 29.2 Å². The van der Waals surface area contributed by atoms with Gasteiger partial charge in [-0.15, -0.1) is 24.8 Å². The molecule has 0 bridgehead atoms. The molecule has 1 unspecified atom stereocenters. The van der Waals surface area contributed by atoms with E-state index < -0.39 is 0 Å². The highest BCUT2D eigenvalue weighted by Crippen LogP contribution is 2.21. The van der Waals surface area contributed by atoms with Gasteiger partial charge in [-0.2, -0.15) is 4.98 Å². The third-order valence-electron chi connectivity index (χ3n) is 5.52. The van der Waals surface area contributed by atoms with E-state index in [0.717, 1.165) is 44.8 Å². The fourth-order valence-electron chi connectivity index (χ4n) is 3.51. The first kappa shape index (κ1) is 23.9. The van der Waals surface area contributed by atoms with Crippen LogP contribution in [0.2, 0.25) is 5.02 Å². The van der Waals surface area contributed by atoms with Gasteiger partial charge in [-0.3, -0.25) is 9.69 Å². The van der Waals surface area contributed by atoms with Gasteiger partial charge in [0.05, 0.1) is 6.54 Å². The third kappa shape index (κ3) is 5.61. The third-order valence-corrected chi connectivity index (χ3v) is 5.78. The van der Waals surface area contributed by atoms with Crippen molar-refractivity contribution >= 4 is 42.3 Å². The van der Waals surface area contributed by atoms with Gasteiger partial charge in [-0.1, -0.05) is 23.7 Å². The van der Waals surface area contributed by atoms with Gasteiger partial charge in [0.25, 0.3) is 0 Å². The lowest BCUT2D eigenvalue weighted by Crippen LogP contribution is -2.54. The zero-order valence-corrected chi connectivity index (χ0v) is 18.6. The first-order valence-electron chi connectivity index (χ1n) is 9.40. The number of piperazine rings is 1. The summed E-state index contributed by atoms with van der Waals surface area (Å²) in [5, 5.41) is 7.98. The molecule has 2 fully saturated rings. The Bertz CT molecular complexity index is 789. The van der Waals surface area contributed by atoms with E-state index in [1.54, 1.807) is 0 Å². The van der Waals surface area contributed by atoms with Crippen LogP contribution in [0.4, 0.5) is 0 Å². The maximum Gasteiger partial charge on any atom is 0.241 e. The van der Waals surface area contributed by atoms with E-state index in [9.17, 15) is 4.79 Å². The molecular formula is C19H26Cl3N5O2. The van der Waals surface area contributed by atoms with Crippen LogP contribution in [0.1, 0.15) is 12.8 Å². The van der Waals surface area contributed by atoms with Crippen LogP contribution >= 0.6 is 36.4 Å². The molecule has 0 aliphatic carbocycles. The van der Waals surface area contributed by atoms with Crippen molar-refractivity contribution in [1.29, 1.82) is 0 Å². The van der Waals surface area contributed by atoms with Gasteiger partial charge in [0.1, 0.15) is 0 Å². The number of amides is 1. The largest absolute Gasteiger partial charge is 0.340 e. The Morgan fingerprint density at radius 1 is 1.21 bits per heavy atom. The first-order chi connectivity index (χ1) is 13.1. The van der Waals surface area contributed by atoms with Gasteiger partial charge < -0.3 is 14.7 Å². The summed E-state index contributed by atoms with van der Waals surface area (Å²) in [6.07, 6.45) is 0. The van der Waals surface area contributed by atoms with Crippen LogP contribution in [0.5, 0.6) is 0 Å². The van der Waals surface area contributed by atoms with Crippen LogP contribution < -0.4 is 5.32 Å². The summed E-state index contributed by atoms with van der Waals surface area (Å²) in [5.74, 6) is 2.03. The molecule has 7 nitrogen and oxygen atoms in total. The summed E-state index contributed by atoms with van der Waals surface area (Å²) < 4.78 is 5.39. The molecule has 2 aliphatic heterocycles. The zero-order chi connectivity index (χ0) is 18.8. The molecule has 10 heteroatoms. The predicted octanol–water partition coefficient (Wildman–Crippen LogP) is 2.73. The molecule has 29 heavy (non-hydrogen) atoms. The molecule has 0 spiro atoms. The minimum Gasteiger partial charge on any atom is -0.340 e. The molecule has 1 atom stereocenters. The van der Waals surface area contributed by atoms with Gasteiger partial charge in [-0.05, 0) is 43.3 Å². The second-order valence-corrected chi connectivity index (χ2v) is 7.76. The van der Waals surface area contributed by atoms with Crippen LogP contribution in [-0.2, 0) is 11.3 Å². The Morgan fingerprint density at radius 3 is 2.45 bits per heavy atom. The van der Waals surface area contributed by atoms with Crippen molar-refractivity contribution in [2.45, 2.75) is 13.5 Å². The molecule has 0 radical (unpaired) electrons. The lowest BCUT2D eigenvalue weighted by atomic mass is 9.88. The molecule has 2 aromatic rings. The molecule has 3 heterocycles. The van der Waals surface area contributed by atoms with Crippen molar-refractivity contribution in [2.75, 3.05) is 39.3 Å². The topological polar surface area (TPSA) is 74.5 Å². The molecule has 2 saturated heterocycles. The number of carbonyl (C=O) groups is 1. The second-order valence-electron chi connectivity index (χ2n) is 7.33. The summed E-state index contributed by atoms with van der Waals surface area (Å²) in [7, 11) is 0. The molecule has 1 amide bonds. The van der Waals surface area contributed by atoms with E-state index in [4.69, 9.17) is 16.1 Å². The number of hydrogen-bond donors (Lipinski definition) is 1. The van der Waals surface area contributed by atoms with E-state index in [1.807, 2.05) is 29.2 Å². The first-order valence-corrected chi connectivity index (χ1v) is 9.78. The standard InChI is InChI=1S/C19H24ClN5O2.2ClH/c1-13(15-10-21-11-15)19(26)25-8-6-24(7-9-25)12-17-22-18(23-27-17)14-2-4-16(20)5-3-14;;/h2-5,13,15,21H,6-12H2,1H3;2*1H. The normalized spacial score (nSPS) is 18.3. The maximum absolute atomic E-state index is 12.6. The summed E-state index contributed by atoms with van der Waals surface area (Å²) in [6, 6.07) is 7.37. The number of hydrogen-bond acceptors (Lipinski definition) is 6. The van der Waals surface area contributed by atoms with Crippen molar-refractivity contribution in [3.63, 3.8) is 0 Å². The maximum atomic E-state index is 12.6. The van der Waals surface area contributed by atoms with Crippen LogP contribution in [0.15, 0.2) is 28.8 Å². The Balaban J connectivity index is 0.00000150. The lowest BCUT2D eigenvalue weighted by molar-refractivity contribution is -0.139. The number of halogens is 3. The van der Waals surface area contributed by atoms with Gasteiger partial charge >= 0.3 is 0 Å². The van der Waals surface area contributed by atoms with Crippen molar-refractivity contribution < 1.29 is 9.32 Å². The fourth-order valence-corrected chi connectivity index (χ4v) is 3.63. The summed E-state index contributed by atoms with van der Waals surface area (Å²) in [4.78, 5) is 21.3. The molecule has 1 N–H and O–H groups in total. The SMILES string of the molecule is CC(C(=O)N1CCN(Cc2nc(-c3ccc(Cl)cc3)no2)CC1)C1CNC1.Cl.Cl. The number of nitrogens with zero attached hydrogens (tertiary/aromatic N) is 4. The van der Waals surface area contributed by atoms with Gasteiger partial charge in [0.15, 0.2) is 0 Å². The molecule has 1 aromatic carbocycles. The Morgan fingerprint density at radius 2 is 1.86 bits per heavy atom. The zero-order valence-electron chi connectivity index (χ0n) is 16.2. The Kier molecular flexibility index (Phi) is 8.73. The van der Waals surface area contributed by atoms with Crippen molar-refractivity contribution in [3.8, 4) is 11.4 Å². The number of benzene rings is 1. The van der Waals surface area contributed by atoms with Crippen LogP contribution in [0.25, 0.3) is 11.4 Å². The minimum atomic E-state index is 0. The van der Waals surface area contributed by atoms with Crippen molar-refractivity contribution in [1.82, 2.24) is 25.3 Å². The summed E-state index contributed by atoms with van der Waals surface area (Å²) >= 11 is 5.91. The van der Waals surface area contributed by atoms with Crippen LogP contribution in [0, 0.1) is 11.8 Å². The van der Waals surface area contributed by atoms with E-state index >= 15 is 0 Å². The highest BCUT2D eigenvalue weighted by molar-refractivity contribution is 6.30. The van der Waals surface area contributed by atoms with Crippen LogP contribution in [-0.4, -0.2) is 65.1 Å². The summed E-state index contributed by atoms with van der Waals surface area (Å²) in [5.41, 5.74) is 0.879. The molecule has 0 saturated carbocycles. The number of nitrogens with one attached hydrogen (secondary N) is 1. The Labute approximate surface area is 188 Å². The number of rotatable bonds is 5. The predicted molar refractivity (Wildman–Crippen MR) is 117 cm³/mol. The number of aromatic nitrogens is 2. The van der Waals surface area contributed by atoms with E-state index in [2.05, 4.69) is 27.3 Å². The average Bonchev–Trinajstić information content (AvgIpc) is 3.09. The highest BCUT2D eigenvalue weighted by Gasteiger charge is 2.33. The molecule has 2 aliphatic rings. The minimum absolute atomic E-state index is 0. The molecule has 1 aromatic heterocycles. The highest BCUT2D eigenvalue weighted by atomic mass is 35.5. The van der Waals surface area contributed by atoms with E-state index in [1.165, 1.54) is 0 Å². The second kappa shape index (κ2) is 10.6. The van der Waals surface area contributed by atoms with Gasteiger partial charge in [0.2, 0.25) is 17.6 Å². The average molecular weight is 463 g/mol. The molecular weight excluding hydrogens is 437 g/mol. The Hall–Kier alpha value is -1.38. The van der Waals surface area contributed by atoms with E-state index in [-0.39, 0.29) is 36.6 Å². The molecule has 4 rings (SSSR count). The summed E-state index contributed by atoms with van der Waals surface area (Å²) in [6.45, 7) is 7.71. The lowest BCUT2D eigenvalue weighted by Gasteiger charge is -2.38. The van der Waals surface area contributed by atoms with Crippen LogP contribution in [0.3, 0.4) is 0 Å². The van der Waals surface area contributed by atoms with Crippen molar-refractivity contribution in [3.05, 3.63) is 35.2 Å². The number of carbonyl (C=O) groups excluding carboxylic acids is 1. The molecule has 160 valence electrons. The van der Waals surface area contributed by atoms with Gasteiger partial charge in [-0.25, -0.2) is 0 Å². The van der Waals surface area contributed by atoms with Gasteiger partial charge in [0, 0.05) is 42.7 Å². The smallest absolute Gasteiger partial charge is 0.241 e. The fraction of sp³-hybridized carbons (Fsp3) is 0.526.